The molecule has 1 rings (SSSR count). The van der Waals surface area contributed by atoms with Gasteiger partial charge in [-0.25, -0.2) is 0 Å². The van der Waals surface area contributed by atoms with Crippen LogP contribution in [0.5, 0.6) is 0 Å². The van der Waals surface area contributed by atoms with Crippen molar-refractivity contribution in [3.8, 4) is 0 Å². The van der Waals surface area contributed by atoms with E-state index < -0.39 is 5.41 Å². The van der Waals surface area contributed by atoms with Gasteiger partial charge in [0.2, 0.25) is 5.91 Å². The number of hydrogen-bond acceptors (Lipinski definition) is 2. The number of thiocarbonyl (C=S) groups is 1. The van der Waals surface area contributed by atoms with Gasteiger partial charge in [0.15, 0.2) is 0 Å². The lowest BCUT2D eigenvalue weighted by Gasteiger charge is -2.33. The quantitative estimate of drug-likeness (QED) is 0.670. The van der Waals surface area contributed by atoms with E-state index in [4.69, 9.17) is 18.0 Å². The van der Waals surface area contributed by atoms with Crippen molar-refractivity contribution in [1.82, 2.24) is 5.32 Å². The molecule has 1 aliphatic rings. The van der Waals surface area contributed by atoms with Crippen LogP contribution in [0.15, 0.2) is 0 Å². The second kappa shape index (κ2) is 8.72. The van der Waals surface area contributed by atoms with E-state index in [1.807, 2.05) is 0 Å². The molecule has 0 aromatic carbocycles. The van der Waals surface area contributed by atoms with Gasteiger partial charge in [-0.15, -0.1) is 0 Å². The zero-order chi connectivity index (χ0) is 15.9. The van der Waals surface area contributed by atoms with Gasteiger partial charge < -0.3 is 11.1 Å². The number of carbonyl (C=O) groups is 1. The van der Waals surface area contributed by atoms with Gasteiger partial charge >= 0.3 is 0 Å². The Labute approximate surface area is 135 Å². The molecule has 21 heavy (non-hydrogen) atoms. The van der Waals surface area contributed by atoms with Crippen molar-refractivity contribution in [2.75, 3.05) is 6.54 Å². The summed E-state index contributed by atoms with van der Waals surface area (Å²) in [5, 5.41) is 3.16. The Kier molecular flexibility index (Phi) is 7.64. The molecular formula is C17H32N2OS. The molecule has 4 heteroatoms. The molecule has 0 heterocycles. The monoisotopic (exact) mass is 312 g/mol. The molecule has 3 N–H and O–H groups in total. The smallest absolute Gasteiger partial charge is 0.233 e. The third kappa shape index (κ3) is 4.94. The Hall–Kier alpha value is -0.640. The Morgan fingerprint density at radius 3 is 2.38 bits per heavy atom. The fourth-order valence-corrected chi connectivity index (χ4v) is 4.01. The Morgan fingerprint density at radius 1 is 1.29 bits per heavy atom. The van der Waals surface area contributed by atoms with Gasteiger partial charge in [0.05, 0.1) is 10.4 Å². The summed E-state index contributed by atoms with van der Waals surface area (Å²) in [5.74, 6) is 1.45. The molecule has 122 valence electrons. The number of hydrogen-bond donors (Lipinski definition) is 2. The first-order chi connectivity index (χ1) is 9.96. The lowest BCUT2D eigenvalue weighted by Crippen LogP contribution is -2.50. The summed E-state index contributed by atoms with van der Waals surface area (Å²) in [6, 6.07) is 0. The van der Waals surface area contributed by atoms with E-state index >= 15 is 0 Å². The van der Waals surface area contributed by atoms with Crippen molar-refractivity contribution in [2.24, 2.45) is 23.0 Å². The molecule has 1 aliphatic carbocycles. The van der Waals surface area contributed by atoms with Gasteiger partial charge in [0.25, 0.3) is 0 Å². The van der Waals surface area contributed by atoms with Crippen molar-refractivity contribution < 1.29 is 4.79 Å². The predicted molar refractivity (Wildman–Crippen MR) is 93.2 cm³/mol. The standard InChI is InChI=1S/C17H32N2OS/c1-4-9-17(10-5-2,15(18)21)16(20)19-12-14-8-6-7-13(3)11-14/h13-14H,4-12H2,1-3H3,(H2,18,21)(H,19,20). The first-order valence-electron chi connectivity index (χ1n) is 8.54. The molecule has 2 unspecified atom stereocenters. The average molecular weight is 313 g/mol. The van der Waals surface area contributed by atoms with Gasteiger partial charge in [0.1, 0.15) is 0 Å². The number of carbonyl (C=O) groups excluding carboxylic acids is 1. The van der Waals surface area contributed by atoms with E-state index in [-0.39, 0.29) is 5.91 Å². The third-order valence-corrected chi connectivity index (χ3v) is 5.25. The van der Waals surface area contributed by atoms with E-state index in [2.05, 4.69) is 26.1 Å². The lowest BCUT2D eigenvalue weighted by molar-refractivity contribution is -0.128. The highest BCUT2D eigenvalue weighted by Gasteiger charge is 2.39. The summed E-state index contributed by atoms with van der Waals surface area (Å²) in [5.41, 5.74) is 5.31. The zero-order valence-electron chi connectivity index (χ0n) is 13.9. The fourth-order valence-electron chi connectivity index (χ4n) is 3.72. The van der Waals surface area contributed by atoms with Crippen LogP contribution in [0.25, 0.3) is 0 Å². The van der Waals surface area contributed by atoms with Gasteiger partial charge in [-0.05, 0) is 37.5 Å². The summed E-state index contributed by atoms with van der Waals surface area (Å²) < 4.78 is 0. The van der Waals surface area contributed by atoms with Crippen LogP contribution in [0.3, 0.4) is 0 Å². The summed E-state index contributed by atoms with van der Waals surface area (Å²) in [7, 11) is 0. The van der Waals surface area contributed by atoms with E-state index in [9.17, 15) is 4.79 Å². The SMILES string of the molecule is CCCC(CCC)(C(=O)NCC1CCCC(C)C1)C(N)=S. The molecule has 3 nitrogen and oxygen atoms in total. The number of nitrogens with two attached hydrogens (primary N) is 1. The largest absolute Gasteiger partial charge is 0.392 e. The minimum Gasteiger partial charge on any atom is -0.392 e. The topological polar surface area (TPSA) is 55.1 Å². The molecule has 0 radical (unpaired) electrons. The minimum atomic E-state index is -0.640. The molecular weight excluding hydrogens is 280 g/mol. The molecule has 0 spiro atoms. The molecule has 1 fully saturated rings. The van der Waals surface area contributed by atoms with Crippen LogP contribution < -0.4 is 11.1 Å². The first kappa shape index (κ1) is 18.4. The first-order valence-corrected chi connectivity index (χ1v) is 8.95. The van der Waals surface area contributed by atoms with E-state index in [1.54, 1.807) is 0 Å². The van der Waals surface area contributed by atoms with Crippen molar-refractivity contribution in [2.45, 2.75) is 72.1 Å². The van der Waals surface area contributed by atoms with Gasteiger partial charge in [0, 0.05) is 6.54 Å². The zero-order valence-corrected chi connectivity index (χ0v) is 14.7. The second-order valence-corrected chi connectivity index (χ2v) is 7.23. The highest BCUT2D eigenvalue weighted by Crippen LogP contribution is 2.32. The van der Waals surface area contributed by atoms with Crippen LogP contribution in [-0.4, -0.2) is 17.4 Å². The summed E-state index contributed by atoms with van der Waals surface area (Å²) in [4.78, 5) is 13.1. The molecule has 2 atom stereocenters. The maximum atomic E-state index is 12.7. The van der Waals surface area contributed by atoms with Gasteiger partial charge in [-0.1, -0.05) is 58.7 Å². The van der Waals surface area contributed by atoms with Crippen molar-refractivity contribution >= 4 is 23.1 Å². The highest BCUT2D eigenvalue weighted by atomic mass is 32.1. The molecule has 0 bridgehead atoms. The van der Waals surface area contributed by atoms with E-state index in [1.165, 1.54) is 25.7 Å². The number of nitrogens with one attached hydrogen (secondary N) is 1. The molecule has 0 saturated heterocycles. The average Bonchev–Trinajstić information content (AvgIpc) is 2.44. The van der Waals surface area contributed by atoms with Crippen molar-refractivity contribution in [3.05, 3.63) is 0 Å². The third-order valence-electron chi connectivity index (χ3n) is 4.86. The Balaban J connectivity index is 2.65. The summed E-state index contributed by atoms with van der Waals surface area (Å²) in [6.07, 6.45) is 8.41. The van der Waals surface area contributed by atoms with E-state index in [0.29, 0.717) is 10.9 Å². The highest BCUT2D eigenvalue weighted by molar-refractivity contribution is 7.80. The van der Waals surface area contributed by atoms with Crippen LogP contribution in [0, 0.1) is 17.3 Å². The van der Waals surface area contributed by atoms with Crippen LogP contribution in [0.1, 0.15) is 72.1 Å². The van der Waals surface area contributed by atoms with Crippen LogP contribution in [0.2, 0.25) is 0 Å². The Bertz CT molecular complexity index is 351. The molecule has 0 aliphatic heterocycles. The van der Waals surface area contributed by atoms with Crippen molar-refractivity contribution in [1.29, 1.82) is 0 Å². The van der Waals surface area contributed by atoms with Crippen LogP contribution in [-0.2, 0) is 4.79 Å². The Morgan fingerprint density at radius 2 is 1.90 bits per heavy atom. The maximum Gasteiger partial charge on any atom is 0.233 e. The lowest BCUT2D eigenvalue weighted by atomic mass is 9.77. The summed E-state index contributed by atoms with van der Waals surface area (Å²) in [6.45, 7) is 7.25. The fraction of sp³-hybridized carbons (Fsp3) is 0.882. The number of amides is 1. The predicted octanol–water partition coefficient (Wildman–Crippen LogP) is 3.80. The van der Waals surface area contributed by atoms with Gasteiger partial charge in [-0.3, -0.25) is 4.79 Å². The minimum absolute atomic E-state index is 0.0527. The van der Waals surface area contributed by atoms with Crippen molar-refractivity contribution in [3.63, 3.8) is 0 Å². The van der Waals surface area contributed by atoms with E-state index in [0.717, 1.165) is 38.1 Å². The second-order valence-electron chi connectivity index (χ2n) is 6.79. The molecule has 1 saturated carbocycles. The van der Waals surface area contributed by atoms with Crippen LogP contribution >= 0.6 is 12.2 Å². The molecule has 0 aromatic rings. The van der Waals surface area contributed by atoms with Crippen LogP contribution in [0.4, 0.5) is 0 Å². The molecule has 1 amide bonds. The number of rotatable bonds is 8. The summed E-state index contributed by atoms with van der Waals surface area (Å²) >= 11 is 5.24. The maximum absolute atomic E-state index is 12.7. The molecule has 0 aromatic heterocycles. The van der Waals surface area contributed by atoms with Gasteiger partial charge in [-0.2, -0.15) is 0 Å². The normalized spacial score (nSPS) is 22.8.